The summed E-state index contributed by atoms with van der Waals surface area (Å²) in [6, 6.07) is 7.38. The van der Waals surface area contributed by atoms with Crippen molar-refractivity contribution < 1.29 is 19.4 Å². The SMILES string of the molecule is COc1c(N)nc(-c2ccc(C)cc2)nc1OC(=O)O. The molecule has 0 spiro atoms. The van der Waals surface area contributed by atoms with E-state index in [-0.39, 0.29) is 23.3 Å². The first-order valence-corrected chi connectivity index (χ1v) is 5.70. The molecule has 2 aromatic rings. The normalized spacial score (nSPS) is 10.1. The number of hydrogen-bond donors (Lipinski definition) is 2. The van der Waals surface area contributed by atoms with Gasteiger partial charge in [-0.15, -0.1) is 0 Å². The molecule has 1 aromatic heterocycles. The largest absolute Gasteiger partial charge is 0.512 e. The van der Waals surface area contributed by atoms with Crippen molar-refractivity contribution in [2.24, 2.45) is 0 Å². The first-order valence-electron chi connectivity index (χ1n) is 5.70. The zero-order chi connectivity index (χ0) is 14.7. The van der Waals surface area contributed by atoms with Gasteiger partial charge in [-0.25, -0.2) is 9.78 Å². The van der Waals surface area contributed by atoms with Crippen LogP contribution in [0.5, 0.6) is 11.6 Å². The van der Waals surface area contributed by atoms with Crippen molar-refractivity contribution in [3.63, 3.8) is 0 Å². The topological polar surface area (TPSA) is 108 Å². The highest BCUT2D eigenvalue weighted by Crippen LogP contribution is 2.32. The molecule has 104 valence electrons. The molecule has 0 bridgehead atoms. The van der Waals surface area contributed by atoms with Crippen molar-refractivity contribution in [2.75, 3.05) is 12.8 Å². The van der Waals surface area contributed by atoms with E-state index in [2.05, 4.69) is 14.7 Å². The van der Waals surface area contributed by atoms with Gasteiger partial charge < -0.3 is 20.3 Å². The van der Waals surface area contributed by atoms with Crippen LogP contribution in [0.15, 0.2) is 24.3 Å². The van der Waals surface area contributed by atoms with Gasteiger partial charge in [0.05, 0.1) is 7.11 Å². The second-order valence-electron chi connectivity index (χ2n) is 4.00. The maximum Gasteiger partial charge on any atom is 0.512 e. The molecule has 0 aliphatic rings. The van der Waals surface area contributed by atoms with Crippen LogP contribution in [0.25, 0.3) is 11.4 Å². The van der Waals surface area contributed by atoms with Gasteiger partial charge in [-0.3, -0.25) is 0 Å². The fourth-order valence-corrected chi connectivity index (χ4v) is 1.62. The minimum atomic E-state index is -1.50. The summed E-state index contributed by atoms with van der Waals surface area (Å²) in [5, 5.41) is 8.70. The van der Waals surface area contributed by atoms with E-state index in [0.29, 0.717) is 5.56 Å². The van der Waals surface area contributed by atoms with E-state index in [0.717, 1.165) is 5.56 Å². The van der Waals surface area contributed by atoms with E-state index in [1.165, 1.54) is 7.11 Å². The molecule has 7 nitrogen and oxygen atoms in total. The van der Waals surface area contributed by atoms with Crippen LogP contribution < -0.4 is 15.2 Å². The van der Waals surface area contributed by atoms with Crippen LogP contribution in [0.2, 0.25) is 0 Å². The van der Waals surface area contributed by atoms with E-state index in [9.17, 15) is 4.79 Å². The number of carbonyl (C=O) groups is 1. The average Bonchev–Trinajstić information content (AvgIpc) is 2.38. The number of hydrogen-bond acceptors (Lipinski definition) is 6. The van der Waals surface area contributed by atoms with Gasteiger partial charge >= 0.3 is 6.16 Å². The third kappa shape index (κ3) is 2.77. The predicted octanol–water partition coefficient (Wildman–Crippen LogP) is 2.10. The number of benzene rings is 1. The molecule has 7 heteroatoms. The first kappa shape index (κ1) is 13.6. The molecule has 20 heavy (non-hydrogen) atoms. The Bertz CT molecular complexity index is 641. The second-order valence-corrected chi connectivity index (χ2v) is 4.00. The Hall–Kier alpha value is -2.83. The Morgan fingerprint density at radius 1 is 1.25 bits per heavy atom. The zero-order valence-corrected chi connectivity index (χ0v) is 11.0. The number of rotatable bonds is 3. The molecule has 0 atom stereocenters. The fourth-order valence-electron chi connectivity index (χ4n) is 1.62. The number of nitrogens with two attached hydrogens (primary N) is 1. The highest BCUT2D eigenvalue weighted by molar-refractivity contribution is 5.67. The molecule has 0 saturated carbocycles. The maximum absolute atomic E-state index is 10.7. The number of aromatic nitrogens is 2. The first-order chi connectivity index (χ1) is 9.51. The van der Waals surface area contributed by atoms with Crippen LogP contribution in [0.4, 0.5) is 10.6 Å². The molecule has 0 amide bonds. The second kappa shape index (κ2) is 5.43. The van der Waals surface area contributed by atoms with E-state index in [1.807, 2.05) is 19.1 Å². The van der Waals surface area contributed by atoms with Crippen molar-refractivity contribution in [2.45, 2.75) is 6.92 Å². The van der Waals surface area contributed by atoms with Crippen LogP contribution in [-0.2, 0) is 0 Å². The highest BCUT2D eigenvalue weighted by atomic mass is 16.7. The molecule has 0 radical (unpaired) electrons. The van der Waals surface area contributed by atoms with E-state index >= 15 is 0 Å². The minimum absolute atomic E-state index is 0.00863. The number of ether oxygens (including phenoxy) is 2. The highest BCUT2D eigenvalue weighted by Gasteiger charge is 2.18. The van der Waals surface area contributed by atoms with Gasteiger partial charge in [0.1, 0.15) is 0 Å². The number of nitrogen functional groups attached to an aromatic ring is 1. The number of aryl methyl sites for hydroxylation is 1. The molecular weight excluding hydrogens is 262 g/mol. The fraction of sp³-hybridized carbons (Fsp3) is 0.154. The van der Waals surface area contributed by atoms with Gasteiger partial charge in [0, 0.05) is 5.56 Å². The Morgan fingerprint density at radius 2 is 1.90 bits per heavy atom. The van der Waals surface area contributed by atoms with Crippen molar-refractivity contribution in [1.82, 2.24) is 9.97 Å². The van der Waals surface area contributed by atoms with Crippen molar-refractivity contribution >= 4 is 12.0 Å². The van der Waals surface area contributed by atoms with Gasteiger partial charge in [0.15, 0.2) is 11.6 Å². The number of nitrogens with zero attached hydrogens (tertiary/aromatic N) is 2. The van der Waals surface area contributed by atoms with Crippen LogP contribution in [0.1, 0.15) is 5.56 Å². The van der Waals surface area contributed by atoms with Crippen molar-refractivity contribution in [3.8, 4) is 23.0 Å². The monoisotopic (exact) mass is 275 g/mol. The maximum atomic E-state index is 10.7. The van der Waals surface area contributed by atoms with Crippen LogP contribution in [0, 0.1) is 6.92 Å². The van der Waals surface area contributed by atoms with Gasteiger partial charge in [-0.2, -0.15) is 4.98 Å². The smallest absolute Gasteiger partial charge is 0.489 e. The molecule has 1 heterocycles. The molecule has 0 unspecified atom stereocenters. The van der Waals surface area contributed by atoms with E-state index in [1.54, 1.807) is 12.1 Å². The molecule has 0 saturated heterocycles. The number of anilines is 1. The predicted molar refractivity (Wildman–Crippen MR) is 71.8 cm³/mol. The Morgan fingerprint density at radius 3 is 2.45 bits per heavy atom. The lowest BCUT2D eigenvalue weighted by Gasteiger charge is -2.10. The van der Waals surface area contributed by atoms with E-state index in [4.69, 9.17) is 15.6 Å². The minimum Gasteiger partial charge on any atom is -0.489 e. The summed E-state index contributed by atoms with van der Waals surface area (Å²) in [5.41, 5.74) is 7.50. The molecule has 3 N–H and O–H groups in total. The van der Waals surface area contributed by atoms with Crippen LogP contribution in [0.3, 0.4) is 0 Å². The number of carboxylic acid groups (broad SMARTS) is 1. The van der Waals surface area contributed by atoms with Crippen LogP contribution in [-0.4, -0.2) is 28.3 Å². The Labute approximate surface area is 115 Å². The molecule has 0 aliphatic carbocycles. The Balaban J connectivity index is 2.52. The summed E-state index contributed by atoms with van der Waals surface area (Å²) in [6.45, 7) is 1.95. The van der Waals surface area contributed by atoms with Crippen molar-refractivity contribution in [3.05, 3.63) is 29.8 Å². The van der Waals surface area contributed by atoms with Crippen molar-refractivity contribution in [1.29, 1.82) is 0 Å². The summed E-state index contributed by atoms with van der Waals surface area (Å²) < 4.78 is 9.51. The molecule has 1 aromatic carbocycles. The lowest BCUT2D eigenvalue weighted by molar-refractivity contribution is 0.140. The number of methoxy groups -OCH3 is 1. The van der Waals surface area contributed by atoms with Gasteiger partial charge in [0.25, 0.3) is 5.88 Å². The van der Waals surface area contributed by atoms with Gasteiger partial charge in [-0.1, -0.05) is 29.8 Å². The quantitative estimate of drug-likeness (QED) is 0.826. The summed E-state index contributed by atoms with van der Waals surface area (Å²) in [4.78, 5) is 18.8. The third-order valence-corrected chi connectivity index (χ3v) is 2.56. The van der Waals surface area contributed by atoms with Gasteiger partial charge in [0.2, 0.25) is 5.75 Å². The van der Waals surface area contributed by atoms with E-state index < -0.39 is 6.16 Å². The zero-order valence-electron chi connectivity index (χ0n) is 11.0. The summed E-state index contributed by atoms with van der Waals surface area (Å²) in [7, 11) is 1.33. The third-order valence-electron chi connectivity index (χ3n) is 2.56. The molecular formula is C13H13N3O4. The summed E-state index contributed by atoms with van der Waals surface area (Å²) in [6.07, 6.45) is -1.50. The average molecular weight is 275 g/mol. The lowest BCUT2D eigenvalue weighted by atomic mass is 10.1. The molecule has 0 aliphatic heterocycles. The summed E-state index contributed by atoms with van der Waals surface area (Å²) >= 11 is 0. The Kier molecular flexibility index (Phi) is 3.69. The van der Waals surface area contributed by atoms with Gasteiger partial charge in [-0.05, 0) is 6.92 Å². The van der Waals surface area contributed by atoms with Crippen LogP contribution >= 0.6 is 0 Å². The molecule has 2 rings (SSSR count). The lowest BCUT2D eigenvalue weighted by Crippen LogP contribution is -2.09. The molecule has 0 fully saturated rings. The summed E-state index contributed by atoms with van der Waals surface area (Å²) in [5.74, 6) is 0.0280. The standard InChI is InChI=1S/C13H13N3O4/c1-7-3-5-8(6-4-7)11-15-10(14)9(19-2)12(16-11)20-13(17)18/h3-6H,1-2H3,(H,17,18)(H2,14,15,16).